The minimum atomic E-state index is -3.77. The van der Waals surface area contributed by atoms with E-state index in [4.69, 9.17) is 11.6 Å². The highest BCUT2D eigenvalue weighted by atomic mass is 35.5. The van der Waals surface area contributed by atoms with Gasteiger partial charge in [0.05, 0.1) is 5.02 Å². The van der Waals surface area contributed by atoms with Crippen LogP contribution in [-0.4, -0.2) is 42.7 Å². The molecule has 7 heteroatoms. The molecule has 1 amide bonds. The Morgan fingerprint density at radius 3 is 2.21 bits per heavy atom. The number of carbonyl (C=O) groups excluding carboxylic acids is 1. The Balaban J connectivity index is 2.45. The summed E-state index contributed by atoms with van der Waals surface area (Å²) in [5, 5.41) is 0.117. The number of amides is 1. The molecule has 0 aromatic heterocycles. The molecule has 0 fully saturated rings. The Hall–Kier alpha value is -1.89. The second-order valence-electron chi connectivity index (χ2n) is 6.91. The van der Waals surface area contributed by atoms with E-state index in [2.05, 4.69) is 0 Å². The summed E-state index contributed by atoms with van der Waals surface area (Å²) in [4.78, 5) is 15.1. The van der Waals surface area contributed by atoms with Crippen molar-refractivity contribution in [3.63, 3.8) is 0 Å². The molecule has 0 heterocycles. The SMILES string of the molecule is CC[C@H](C)N(Cc1ccccc1)C(=O)c1ccc(Cl)c(S(=O)(=O)N(CC)CC)c1. The first kappa shape index (κ1) is 23.4. The summed E-state index contributed by atoms with van der Waals surface area (Å²) in [5.74, 6) is -0.212. The highest BCUT2D eigenvalue weighted by molar-refractivity contribution is 7.89. The number of carbonyl (C=O) groups is 1. The van der Waals surface area contributed by atoms with Gasteiger partial charge in [-0.2, -0.15) is 4.31 Å². The maximum Gasteiger partial charge on any atom is 0.254 e. The smallest absolute Gasteiger partial charge is 0.254 e. The summed E-state index contributed by atoms with van der Waals surface area (Å²) in [7, 11) is -3.77. The van der Waals surface area contributed by atoms with E-state index in [1.807, 2.05) is 44.2 Å². The molecule has 5 nitrogen and oxygen atoms in total. The maximum atomic E-state index is 13.3. The summed E-state index contributed by atoms with van der Waals surface area (Å²) in [6.07, 6.45) is 0.788. The number of benzene rings is 2. The molecule has 0 N–H and O–H groups in total. The predicted octanol–water partition coefficient (Wildman–Crippen LogP) is 4.81. The third kappa shape index (κ3) is 5.38. The molecule has 0 saturated heterocycles. The fourth-order valence-electron chi connectivity index (χ4n) is 3.13. The standard InChI is InChI=1S/C22H29ClN2O3S/c1-5-17(4)25(16-18-11-9-8-10-12-18)22(26)19-13-14-20(23)21(15-19)29(27,28)24(6-2)7-3/h8-15,17H,5-7,16H2,1-4H3/t17-/m0/s1. The Bertz CT molecular complexity index is 928. The Labute approximate surface area is 179 Å². The molecule has 0 radical (unpaired) electrons. The van der Waals surface area contributed by atoms with Crippen LogP contribution < -0.4 is 0 Å². The molecule has 0 aliphatic heterocycles. The van der Waals surface area contributed by atoms with E-state index in [9.17, 15) is 13.2 Å². The van der Waals surface area contributed by atoms with Gasteiger partial charge in [0.2, 0.25) is 10.0 Å². The van der Waals surface area contributed by atoms with Gasteiger partial charge in [0.15, 0.2) is 0 Å². The average Bonchev–Trinajstić information content (AvgIpc) is 2.72. The largest absolute Gasteiger partial charge is 0.332 e. The quantitative estimate of drug-likeness (QED) is 0.566. The summed E-state index contributed by atoms with van der Waals surface area (Å²) >= 11 is 6.21. The van der Waals surface area contributed by atoms with E-state index < -0.39 is 10.0 Å². The van der Waals surface area contributed by atoms with Crippen molar-refractivity contribution >= 4 is 27.5 Å². The first-order valence-electron chi connectivity index (χ1n) is 9.90. The third-order valence-electron chi connectivity index (χ3n) is 5.08. The van der Waals surface area contributed by atoms with Crippen molar-refractivity contribution in [1.82, 2.24) is 9.21 Å². The van der Waals surface area contributed by atoms with Crippen LogP contribution in [0.25, 0.3) is 0 Å². The highest BCUT2D eigenvalue weighted by Gasteiger charge is 2.27. The molecule has 29 heavy (non-hydrogen) atoms. The topological polar surface area (TPSA) is 57.7 Å². The molecule has 1 atom stereocenters. The molecule has 0 unspecified atom stereocenters. The molecular weight excluding hydrogens is 408 g/mol. The molecule has 0 bridgehead atoms. The summed E-state index contributed by atoms with van der Waals surface area (Å²) < 4.78 is 27.2. The third-order valence-corrected chi connectivity index (χ3v) is 7.61. The van der Waals surface area contributed by atoms with Crippen LogP contribution in [0, 0.1) is 0 Å². The van der Waals surface area contributed by atoms with Crippen LogP contribution in [0.3, 0.4) is 0 Å². The second kappa shape index (κ2) is 10.2. The van der Waals surface area contributed by atoms with E-state index in [0.29, 0.717) is 25.2 Å². The van der Waals surface area contributed by atoms with E-state index in [-0.39, 0.29) is 21.9 Å². The molecule has 0 saturated carbocycles. The van der Waals surface area contributed by atoms with Crippen LogP contribution in [0.2, 0.25) is 5.02 Å². The fraction of sp³-hybridized carbons (Fsp3) is 0.409. The van der Waals surface area contributed by atoms with Crippen LogP contribution >= 0.6 is 11.6 Å². The molecule has 2 aromatic rings. The summed E-state index contributed by atoms with van der Waals surface area (Å²) in [6.45, 7) is 8.68. The van der Waals surface area contributed by atoms with Gasteiger partial charge in [0, 0.05) is 31.2 Å². The molecule has 2 rings (SSSR count). The van der Waals surface area contributed by atoms with Crippen molar-refractivity contribution in [3.8, 4) is 0 Å². The van der Waals surface area contributed by atoms with Crippen LogP contribution in [0.1, 0.15) is 50.0 Å². The molecular formula is C22H29ClN2O3S. The Morgan fingerprint density at radius 1 is 1.03 bits per heavy atom. The van der Waals surface area contributed by atoms with Gasteiger partial charge in [0.25, 0.3) is 5.91 Å². The van der Waals surface area contributed by atoms with Gasteiger partial charge < -0.3 is 4.90 Å². The van der Waals surface area contributed by atoms with Crippen molar-refractivity contribution in [3.05, 3.63) is 64.7 Å². The van der Waals surface area contributed by atoms with Gasteiger partial charge in [-0.15, -0.1) is 0 Å². The monoisotopic (exact) mass is 436 g/mol. The normalized spacial score (nSPS) is 12.8. The molecule has 0 spiro atoms. The van der Waals surface area contributed by atoms with Gasteiger partial charge >= 0.3 is 0 Å². The van der Waals surface area contributed by atoms with Gasteiger partial charge in [-0.05, 0) is 37.1 Å². The number of hydrogen-bond donors (Lipinski definition) is 0. The van der Waals surface area contributed by atoms with Crippen molar-refractivity contribution < 1.29 is 13.2 Å². The minimum absolute atomic E-state index is 0.00113. The van der Waals surface area contributed by atoms with Gasteiger partial charge in [-0.3, -0.25) is 4.79 Å². The van der Waals surface area contributed by atoms with E-state index in [0.717, 1.165) is 12.0 Å². The van der Waals surface area contributed by atoms with Crippen LogP contribution in [0.15, 0.2) is 53.4 Å². The van der Waals surface area contributed by atoms with Gasteiger partial charge in [-0.25, -0.2) is 8.42 Å². The van der Waals surface area contributed by atoms with Crippen LogP contribution in [0.4, 0.5) is 0 Å². The average molecular weight is 437 g/mol. The number of rotatable bonds is 9. The molecule has 2 aromatic carbocycles. The van der Waals surface area contributed by atoms with Crippen molar-refractivity contribution in [2.75, 3.05) is 13.1 Å². The Morgan fingerprint density at radius 2 is 1.66 bits per heavy atom. The lowest BCUT2D eigenvalue weighted by atomic mass is 10.1. The first-order valence-corrected chi connectivity index (χ1v) is 11.7. The maximum absolute atomic E-state index is 13.3. The second-order valence-corrected chi connectivity index (χ2v) is 9.22. The fourth-order valence-corrected chi connectivity index (χ4v) is 5.09. The zero-order valence-corrected chi connectivity index (χ0v) is 19.0. The zero-order chi connectivity index (χ0) is 21.6. The summed E-state index contributed by atoms with van der Waals surface area (Å²) in [5.41, 5.74) is 1.34. The predicted molar refractivity (Wildman–Crippen MR) is 118 cm³/mol. The Kier molecular flexibility index (Phi) is 8.25. The number of nitrogens with zero attached hydrogens (tertiary/aromatic N) is 2. The van der Waals surface area contributed by atoms with Crippen LogP contribution in [-0.2, 0) is 16.6 Å². The van der Waals surface area contributed by atoms with Crippen molar-refractivity contribution in [2.45, 2.75) is 51.6 Å². The molecule has 158 valence electrons. The highest BCUT2D eigenvalue weighted by Crippen LogP contribution is 2.27. The zero-order valence-electron chi connectivity index (χ0n) is 17.4. The minimum Gasteiger partial charge on any atom is -0.332 e. The van der Waals surface area contributed by atoms with E-state index in [1.165, 1.54) is 16.4 Å². The van der Waals surface area contributed by atoms with Crippen molar-refractivity contribution in [1.29, 1.82) is 0 Å². The lowest BCUT2D eigenvalue weighted by Crippen LogP contribution is -2.38. The van der Waals surface area contributed by atoms with Crippen LogP contribution in [0.5, 0.6) is 0 Å². The van der Waals surface area contributed by atoms with Gasteiger partial charge in [-0.1, -0.05) is 62.7 Å². The molecule has 0 aliphatic rings. The summed E-state index contributed by atoms with van der Waals surface area (Å²) in [6, 6.07) is 14.2. The number of hydrogen-bond acceptors (Lipinski definition) is 3. The lowest BCUT2D eigenvalue weighted by Gasteiger charge is -2.29. The van der Waals surface area contributed by atoms with Crippen molar-refractivity contribution in [2.24, 2.45) is 0 Å². The molecule has 0 aliphatic carbocycles. The van der Waals surface area contributed by atoms with E-state index >= 15 is 0 Å². The lowest BCUT2D eigenvalue weighted by molar-refractivity contribution is 0.0671. The first-order chi connectivity index (χ1) is 13.8. The number of halogens is 1. The number of sulfonamides is 1. The van der Waals surface area contributed by atoms with E-state index in [1.54, 1.807) is 24.8 Å². The van der Waals surface area contributed by atoms with Gasteiger partial charge in [0.1, 0.15) is 4.90 Å².